The Hall–Kier alpha value is -1.51. The molecule has 0 bridgehead atoms. The number of unbranched alkanes of at least 4 members (excludes halogenated alkanes) is 5. The molecular weight excluding hydrogens is 240 g/mol. The van der Waals surface area contributed by atoms with E-state index >= 15 is 0 Å². The molecule has 0 saturated carbocycles. The molecular formula is C16H24O3. The summed E-state index contributed by atoms with van der Waals surface area (Å²) in [5.41, 5.74) is 1.42. The van der Waals surface area contributed by atoms with Gasteiger partial charge in [0.05, 0.1) is 13.7 Å². The molecule has 0 amide bonds. The van der Waals surface area contributed by atoms with Crippen molar-refractivity contribution < 1.29 is 14.3 Å². The Morgan fingerprint density at radius 2 is 1.58 bits per heavy atom. The molecule has 0 aliphatic heterocycles. The number of rotatable bonds is 9. The van der Waals surface area contributed by atoms with Crippen LogP contribution in [0.5, 0.6) is 0 Å². The van der Waals surface area contributed by atoms with Gasteiger partial charge in [-0.2, -0.15) is 0 Å². The summed E-state index contributed by atoms with van der Waals surface area (Å²) in [6, 6.07) is 10.6. The fraction of sp³-hybridized carbons (Fsp3) is 0.562. The molecule has 3 nitrogen and oxygen atoms in total. The number of hydrogen-bond donors (Lipinski definition) is 0. The molecule has 0 radical (unpaired) electrons. The lowest BCUT2D eigenvalue weighted by molar-refractivity contribution is 0.0713. The molecule has 1 aromatic carbocycles. The number of methoxy groups -OCH3 is 1. The maximum absolute atomic E-state index is 10.7. The van der Waals surface area contributed by atoms with Gasteiger partial charge in [-0.05, 0) is 24.8 Å². The summed E-state index contributed by atoms with van der Waals surface area (Å²) in [7, 11) is 1.33. The van der Waals surface area contributed by atoms with Gasteiger partial charge < -0.3 is 9.47 Å². The van der Waals surface area contributed by atoms with Gasteiger partial charge in [0.1, 0.15) is 0 Å². The smallest absolute Gasteiger partial charge is 0.438 e. The third kappa shape index (κ3) is 8.25. The van der Waals surface area contributed by atoms with Crippen LogP contribution in [0.4, 0.5) is 4.79 Å². The fourth-order valence-electron chi connectivity index (χ4n) is 2.00. The van der Waals surface area contributed by atoms with E-state index in [1.165, 1.54) is 44.8 Å². The number of aryl methyl sites for hydroxylation is 1. The molecule has 1 aromatic rings. The molecule has 3 heteroatoms. The fourth-order valence-corrected chi connectivity index (χ4v) is 2.00. The van der Waals surface area contributed by atoms with Crippen molar-refractivity contribution in [3.05, 3.63) is 35.9 Å². The maximum Gasteiger partial charge on any atom is 0.507 e. The van der Waals surface area contributed by atoms with Gasteiger partial charge >= 0.3 is 6.16 Å². The minimum atomic E-state index is -0.581. The van der Waals surface area contributed by atoms with E-state index in [-0.39, 0.29) is 0 Å². The largest absolute Gasteiger partial charge is 0.507 e. The monoisotopic (exact) mass is 264 g/mol. The van der Waals surface area contributed by atoms with E-state index in [0.29, 0.717) is 6.61 Å². The Kier molecular flexibility index (Phi) is 8.52. The number of carbonyl (C=O) groups is 1. The van der Waals surface area contributed by atoms with Gasteiger partial charge in [-0.3, -0.25) is 0 Å². The first-order valence-corrected chi connectivity index (χ1v) is 7.07. The molecule has 0 aliphatic rings. The highest BCUT2D eigenvalue weighted by molar-refractivity contribution is 5.59. The normalized spacial score (nSPS) is 10.2. The highest BCUT2D eigenvalue weighted by Crippen LogP contribution is 2.09. The van der Waals surface area contributed by atoms with E-state index in [0.717, 1.165) is 12.8 Å². The molecule has 0 heterocycles. The van der Waals surface area contributed by atoms with Crippen molar-refractivity contribution in [1.29, 1.82) is 0 Å². The first-order valence-electron chi connectivity index (χ1n) is 7.07. The molecule has 19 heavy (non-hydrogen) atoms. The van der Waals surface area contributed by atoms with Crippen LogP contribution < -0.4 is 0 Å². The number of benzene rings is 1. The van der Waals surface area contributed by atoms with E-state index in [1.807, 2.05) is 0 Å². The van der Waals surface area contributed by atoms with Crippen molar-refractivity contribution in [2.45, 2.75) is 44.9 Å². The van der Waals surface area contributed by atoms with Crippen molar-refractivity contribution in [2.75, 3.05) is 13.7 Å². The molecule has 0 fully saturated rings. The lowest BCUT2D eigenvalue weighted by Crippen LogP contribution is -2.05. The van der Waals surface area contributed by atoms with Crippen LogP contribution in [0.15, 0.2) is 30.3 Å². The number of carbonyl (C=O) groups excluding carboxylic acids is 1. The van der Waals surface area contributed by atoms with Crippen molar-refractivity contribution in [3.63, 3.8) is 0 Å². The molecule has 0 unspecified atom stereocenters. The summed E-state index contributed by atoms with van der Waals surface area (Å²) in [5.74, 6) is 0. The summed E-state index contributed by atoms with van der Waals surface area (Å²) in [6.07, 6.45) is 7.62. The predicted octanol–water partition coefficient (Wildman–Crippen LogP) is 4.35. The second-order valence-corrected chi connectivity index (χ2v) is 4.66. The summed E-state index contributed by atoms with van der Waals surface area (Å²) >= 11 is 0. The van der Waals surface area contributed by atoms with Crippen molar-refractivity contribution in [2.24, 2.45) is 0 Å². The third-order valence-electron chi connectivity index (χ3n) is 3.09. The molecule has 0 aliphatic carbocycles. The zero-order chi connectivity index (χ0) is 13.8. The maximum atomic E-state index is 10.7. The van der Waals surface area contributed by atoms with Crippen LogP contribution in [0.3, 0.4) is 0 Å². The molecule has 0 aromatic heterocycles. The van der Waals surface area contributed by atoms with E-state index in [2.05, 4.69) is 35.1 Å². The lowest BCUT2D eigenvalue weighted by Gasteiger charge is -2.03. The Morgan fingerprint density at radius 1 is 0.947 bits per heavy atom. The van der Waals surface area contributed by atoms with Crippen LogP contribution in [0, 0.1) is 0 Å². The zero-order valence-electron chi connectivity index (χ0n) is 11.8. The Balaban J connectivity index is 1.85. The molecule has 0 saturated heterocycles. The van der Waals surface area contributed by atoms with Crippen molar-refractivity contribution in [1.82, 2.24) is 0 Å². The van der Waals surface area contributed by atoms with Crippen molar-refractivity contribution in [3.8, 4) is 0 Å². The topological polar surface area (TPSA) is 35.5 Å². The summed E-state index contributed by atoms with van der Waals surface area (Å²) < 4.78 is 9.21. The quantitative estimate of drug-likeness (QED) is 0.491. The molecule has 0 atom stereocenters. The van der Waals surface area contributed by atoms with Gasteiger partial charge in [0.25, 0.3) is 0 Å². The van der Waals surface area contributed by atoms with Crippen LogP contribution in [0.25, 0.3) is 0 Å². The van der Waals surface area contributed by atoms with E-state index in [1.54, 1.807) is 0 Å². The van der Waals surface area contributed by atoms with Gasteiger partial charge in [-0.1, -0.05) is 56.0 Å². The average Bonchev–Trinajstić information content (AvgIpc) is 2.46. The number of hydrogen-bond acceptors (Lipinski definition) is 3. The van der Waals surface area contributed by atoms with Gasteiger partial charge in [0.2, 0.25) is 0 Å². The second kappa shape index (κ2) is 10.4. The van der Waals surface area contributed by atoms with Gasteiger partial charge in [0.15, 0.2) is 0 Å². The Morgan fingerprint density at radius 3 is 2.26 bits per heavy atom. The summed E-state index contributed by atoms with van der Waals surface area (Å²) in [6.45, 7) is 0.469. The lowest BCUT2D eigenvalue weighted by atomic mass is 10.1. The van der Waals surface area contributed by atoms with Gasteiger partial charge in [-0.15, -0.1) is 0 Å². The number of ether oxygens (including phenoxy) is 2. The Bertz CT molecular complexity index is 335. The minimum absolute atomic E-state index is 0.469. The van der Waals surface area contributed by atoms with Crippen LogP contribution in [0.1, 0.15) is 44.1 Å². The highest BCUT2D eigenvalue weighted by Gasteiger charge is 1.99. The van der Waals surface area contributed by atoms with Crippen LogP contribution in [-0.2, 0) is 15.9 Å². The highest BCUT2D eigenvalue weighted by atomic mass is 16.7. The van der Waals surface area contributed by atoms with Crippen molar-refractivity contribution >= 4 is 6.16 Å². The Labute approximate surface area is 115 Å². The first kappa shape index (κ1) is 15.5. The zero-order valence-corrected chi connectivity index (χ0v) is 11.8. The first-order chi connectivity index (χ1) is 9.33. The van der Waals surface area contributed by atoms with Gasteiger partial charge in [0, 0.05) is 0 Å². The van der Waals surface area contributed by atoms with Crippen LogP contribution in [0.2, 0.25) is 0 Å². The van der Waals surface area contributed by atoms with E-state index in [9.17, 15) is 4.79 Å². The molecule has 0 N–H and O–H groups in total. The molecule has 0 spiro atoms. The summed E-state index contributed by atoms with van der Waals surface area (Å²) in [5, 5.41) is 0. The SMILES string of the molecule is COC(=O)OCCCCCCCCc1ccccc1. The van der Waals surface area contributed by atoms with Gasteiger partial charge in [-0.25, -0.2) is 4.79 Å². The van der Waals surface area contributed by atoms with Crippen LogP contribution in [-0.4, -0.2) is 19.9 Å². The molecule has 106 valence electrons. The summed E-state index contributed by atoms with van der Waals surface area (Å²) in [4.78, 5) is 10.7. The molecule has 1 rings (SSSR count). The van der Waals surface area contributed by atoms with E-state index < -0.39 is 6.16 Å². The minimum Gasteiger partial charge on any atom is -0.438 e. The second-order valence-electron chi connectivity index (χ2n) is 4.66. The third-order valence-corrected chi connectivity index (χ3v) is 3.09. The van der Waals surface area contributed by atoms with E-state index in [4.69, 9.17) is 4.74 Å². The predicted molar refractivity (Wildman–Crippen MR) is 76.2 cm³/mol. The average molecular weight is 264 g/mol. The standard InChI is InChI=1S/C16H24O3/c1-18-16(17)19-14-10-5-3-2-4-7-11-15-12-8-6-9-13-15/h6,8-9,12-13H,2-5,7,10-11,14H2,1H3. The van der Waals surface area contributed by atoms with Crippen LogP contribution >= 0.6 is 0 Å².